The van der Waals surface area contributed by atoms with Gasteiger partial charge in [-0.2, -0.15) is 0 Å². The van der Waals surface area contributed by atoms with Gasteiger partial charge in [-0.05, 0) is 42.8 Å². The molecule has 30 heavy (non-hydrogen) atoms. The average molecular weight is 474 g/mol. The summed E-state index contributed by atoms with van der Waals surface area (Å²) in [6.07, 6.45) is 2.55. The van der Waals surface area contributed by atoms with Crippen LogP contribution in [0.3, 0.4) is 0 Å². The topological polar surface area (TPSA) is 104 Å². The largest absolute Gasteiger partial charge is 0.326 e. The van der Waals surface area contributed by atoms with Gasteiger partial charge in [-0.15, -0.1) is 0 Å². The van der Waals surface area contributed by atoms with Crippen molar-refractivity contribution < 1.29 is 21.6 Å². The van der Waals surface area contributed by atoms with Gasteiger partial charge >= 0.3 is 0 Å². The Morgan fingerprint density at radius 1 is 0.967 bits per heavy atom. The number of hydrogen-bond acceptors (Lipinski definition) is 5. The molecule has 0 saturated heterocycles. The van der Waals surface area contributed by atoms with Crippen LogP contribution in [0.4, 0.5) is 17.1 Å². The van der Waals surface area contributed by atoms with E-state index in [1.807, 2.05) is 0 Å². The first kappa shape index (κ1) is 24.0. The lowest BCUT2D eigenvalue weighted by Gasteiger charge is -2.22. The highest BCUT2D eigenvalue weighted by molar-refractivity contribution is 7.92. The predicted molar refractivity (Wildman–Crippen MR) is 121 cm³/mol. The van der Waals surface area contributed by atoms with Crippen molar-refractivity contribution in [3.63, 3.8) is 0 Å². The number of carbonyl (C=O) groups excluding carboxylic acids is 1. The molecule has 2 aromatic rings. The molecule has 0 aliphatic carbocycles. The molecule has 1 amide bonds. The molecule has 164 valence electrons. The van der Waals surface area contributed by atoms with Gasteiger partial charge in [-0.3, -0.25) is 13.4 Å². The second-order valence-electron chi connectivity index (χ2n) is 6.75. The molecule has 0 radical (unpaired) electrons. The van der Waals surface area contributed by atoms with Crippen molar-refractivity contribution in [3.05, 3.63) is 53.6 Å². The van der Waals surface area contributed by atoms with E-state index in [1.54, 1.807) is 48.5 Å². The molecule has 0 aliphatic heterocycles. The number of benzene rings is 2. The van der Waals surface area contributed by atoms with Crippen molar-refractivity contribution in [2.75, 3.05) is 40.0 Å². The Morgan fingerprint density at radius 3 is 2.20 bits per heavy atom. The fourth-order valence-corrected chi connectivity index (χ4v) is 4.33. The highest BCUT2D eigenvalue weighted by Crippen LogP contribution is 2.23. The van der Waals surface area contributed by atoms with Crippen LogP contribution in [0.1, 0.15) is 12.8 Å². The molecule has 0 spiro atoms. The van der Waals surface area contributed by atoms with E-state index < -0.39 is 20.0 Å². The van der Waals surface area contributed by atoms with Crippen LogP contribution in [0, 0.1) is 0 Å². The highest BCUT2D eigenvalue weighted by atomic mass is 35.5. The van der Waals surface area contributed by atoms with Gasteiger partial charge in [0, 0.05) is 30.7 Å². The maximum absolute atomic E-state index is 12.3. The van der Waals surface area contributed by atoms with Crippen LogP contribution < -0.4 is 13.9 Å². The Morgan fingerprint density at radius 2 is 1.60 bits per heavy atom. The zero-order chi connectivity index (χ0) is 22.5. The van der Waals surface area contributed by atoms with E-state index in [-0.39, 0.29) is 25.3 Å². The lowest BCUT2D eigenvalue weighted by atomic mass is 10.2. The lowest BCUT2D eigenvalue weighted by Crippen LogP contribution is -2.31. The minimum atomic E-state index is -3.54. The van der Waals surface area contributed by atoms with Crippen LogP contribution in [0.5, 0.6) is 0 Å². The van der Waals surface area contributed by atoms with Gasteiger partial charge in [0.05, 0.1) is 23.9 Å². The van der Waals surface area contributed by atoms with E-state index in [4.69, 9.17) is 11.6 Å². The number of halogens is 1. The molecule has 0 aliphatic rings. The maximum atomic E-state index is 12.3. The third-order valence-electron chi connectivity index (χ3n) is 4.25. The normalized spacial score (nSPS) is 11.7. The molecule has 0 heterocycles. The molecular formula is C19H24ClN3O5S2. The molecule has 8 nitrogen and oxygen atoms in total. The van der Waals surface area contributed by atoms with Gasteiger partial charge in [0.1, 0.15) is 0 Å². The number of hydrogen-bond donors (Lipinski definition) is 1. The van der Waals surface area contributed by atoms with Gasteiger partial charge in [-0.25, -0.2) is 16.8 Å². The number of nitrogens with one attached hydrogen (secondary N) is 1. The summed E-state index contributed by atoms with van der Waals surface area (Å²) in [4.78, 5) is 12.3. The summed E-state index contributed by atoms with van der Waals surface area (Å²) < 4.78 is 49.9. The Labute approximate surface area is 182 Å². The molecule has 2 rings (SSSR count). The summed E-state index contributed by atoms with van der Waals surface area (Å²) in [7, 11) is -5.54. The second kappa shape index (κ2) is 9.67. The van der Waals surface area contributed by atoms with Crippen LogP contribution in [-0.2, 0) is 24.8 Å². The Balaban J connectivity index is 2.00. The molecule has 0 atom stereocenters. The van der Waals surface area contributed by atoms with Gasteiger partial charge in [0.15, 0.2) is 0 Å². The summed E-state index contributed by atoms with van der Waals surface area (Å²) in [6, 6.07) is 12.9. The lowest BCUT2D eigenvalue weighted by molar-refractivity contribution is -0.116. The molecular weight excluding hydrogens is 450 g/mol. The van der Waals surface area contributed by atoms with Gasteiger partial charge in [0.25, 0.3) is 0 Å². The smallest absolute Gasteiger partial charge is 0.232 e. The standard InChI is InChI=1S/C19H24ClN3O5S2/c1-22(29(2,25)26)17-9-5-8-16(14-17)21-19(24)11-6-12-23(30(3,27)28)18-10-4-7-15(20)13-18/h4-5,7-10,13-14H,6,11-12H2,1-3H3,(H,21,24). The minimum Gasteiger partial charge on any atom is -0.326 e. The zero-order valence-corrected chi connectivity index (χ0v) is 19.3. The van der Waals surface area contributed by atoms with Crippen molar-refractivity contribution >= 4 is 54.6 Å². The Bertz CT molecular complexity index is 1120. The fraction of sp³-hybridized carbons (Fsp3) is 0.316. The monoisotopic (exact) mass is 473 g/mol. The van der Waals surface area contributed by atoms with E-state index in [0.29, 0.717) is 22.1 Å². The summed E-state index contributed by atoms with van der Waals surface area (Å²) in [5.74, 6) is -0.311. The van der Waals surface area contributed by atoms with E-state index in [0.717, 1.165) is 16.8 Å². The molecule has 0 aromatic heterocycles. The van der Waals surface area contributed by atoms with E-state index >= 15 is 0 Å². The molecule has 2 aromatic carbocycles. The summed E-state index contributed by atoms with van der Waals surface area (Å²) >= 11 is 5.95. The number of anilines is 3. The van der Waals surface area contributed by atoms with Crippen LogP contribution >= 0.6 is 11.6 Å². The maximum Gasteiger partial charge on any atom is 0.232 e. The van der Waals surface area contributed by atoms with E-state index in [1.165, 1.54) is 11.4 Å². The third kappa shape index (κ3) is 6.89. The van der Waals surface area contributed by atoms with Crippen LogP contribution in [0.25, 0.3) is 0 Å². The second-order valence-corrected chi connectivity index (χ2v) is 11.1. The Kier molecular flexibility index (Phi) is 7.73. The van der Waals surface area contributed by atoms with Crippen LogP contribution in [0.2, 0.25) is 5.02 Å². The van der Waals surface area contributed by atoms with E-state index in [2.05, 4.69) is 5.32 Å². The zero-order valence-electron chi connectivity index (χ0n) is 16.9. The summed E-state index contributed by atoms with van der Waals surface area (Å²) in [5.41, 5.74) is 1.30. The molecule has 0 unspecified atom stereocenters. The first-order chi connectivity index (χ1) is 13.9. The predicted octanol–water partition coefficient (Wildman–Crippen LogP) is 2.92. The first-order valence-electron chi connectivity index (χ1n) is 8.95. The fourth-order valence-electron chi connectivity index (χ4n) is 2.70. The third-order valence-corrected chi connectivity index (χ3v) is 6.89. The summed E-state index contributed by atoms with van der Waals surface area (Å²) in [5, 5.41) is 3.12. The van der Waals surface area contributed by atoms with E-state index in [9.17, 15) is 21.6 Å². The minimum absolute atomic E-state index is 0.0821. The first-order valence-corrected chi connectivity index (χ1v) is 13.0. The van der Waals surface area contributed by atoms with Crippen LogP contribution in [0.15, 0.2) is 48.5 Å². The van der Waals surface area contributed by atoms with Crippen molar-refractivity contribution in [2.24, 2.45) is 0 Å². The average Bonchev–Trinajstić information content (AvgIpc) is 2.63. The quantitative estimate of drug-likeness (QED) is 0.603. The molecule has 0 fully saturated rings. The van der Waals surface area contributed by atoms with Crippen molar-refractivity contribution in [1.29, 1.82) is 0 Å². The molecule has 0 bridgehead atoms. The Hall–Kier alpha value is -2.30. The molecule has 11 heteroatoms. The van der Waals surface area contributed by atoms with Crippen LogP contribution in [-0.4, -0.2) is 48.8 Å². The number of amides is 1. The van der Waals surface area contributed by atoms with Crippen molar-refractivity contribution in [1.82, 2.24) is 0 Å². The molecule has 1 N–H and O–H groups in total. The van der Waals surface area contributed by atoms with Crippen molar-refractivity contribution in [3.8, 4) is 0 Å². The van der Waals surface area contributed by atoms with Gasteiger partial charge in [-0.1, -0.05) is 23.7 Å². The number of carbonyl (C=O) groups is 1. The van der Waals surface area contributed by atoms with Gasteiger partial charge in [0.2, 0.25) is 26.0 Å². The van der Waals surface area contributed by atoms with Gasteiger partial charge < -0.3 is 5.32 Å². The number of rotatable bonds is 9. The number of nitrogens with zero attached hydrogens (tertiary/aromatic N) is 2. The molecule has 0 saturated carbocycles. The summed E-state index contributed by atoms with van der Waals surface area (Å²) in [6.45, 7) is 0.115. The highest BCUT2D eigenvalue weighted by Gasteiger charge is 2.18. The number of sulfonamides is 2. The van der Waals surface area contributed by atoms with Crippen molar-refractivity contribution in [2.45, 2.75) is 12.8 Å². The SMILES string of the molecule is CN(c1cccc(NC(=O)CCCN(c2cccc(Cl)c2)S(C)(=O)=O)c1)S(C)(=O)=O.